The number of hydrogen-bond donors (Lipinski definition) is 0. The Kier molecular flexibility index (Phi) is 5.07. The molecule has 25 heavy (non-hydrogen) atoms. The molecule has 3 rings (SSSR count). The van der Waals surface area contributed by atoms with Crippen molar-refractivity contribution in [3.05, 3.63) is 69.8 Å². The van der Waals surface area contributed by atoms with E-state index in [2.05, 4.69) is 11.0 Å². The molecule has 2 aromatic carbocycles. The molecule has 0 atom stereocenters. The highest BCUT2D eigenvalue weighted by Crippen LogP contribution is 2.23. The number of anilines is 1. The van der Waals surface area contributed by atoms with Crippen molar-refractivity contribution in [1.29, 1.82) is 5.26 Å². The molecule has 1 fully saturated rings. The van der Waals surface area contributed by atoms with Gasteiger partial charge in [-0.15, -0.1) is 0 Å². The zero-order valence-corrected chi connectivity index (χ0v) is 13.6. The van der Waals surface area contributed by atoms with E-state index >= 15 is 0 Å². The molecule has 2 aromatic rings. The zero-order chi connectivity index (χ0) is 17.6. The number of hydrogen-bond acceptors (Lipinski definition) is 5. The third-order valence-electron chi connectivity index (χ3n) is 4.07. The first kappa shape index (κ1) is 16.7. The summed E-state index contributed by atoms with van der Waals surface area (Å²) in [4.78, 5) is 12.7. The normalized spacial score (nSPS) is 14.8. The van der Waals surface area contributed by atoms with Crippen LogP contribution in [0.25, 0.3) is 11.6 Å². The summed E-state index contributed by atoms with van der Waals surface area (Å²) in [6.07, 6.45) is 1.74. The number of rotatable bonds is 4. The van der Waals surface area contributed by atoms with E-state index in [9.17, 15) is 15.4 Å². The lowest BCUT2D eigenvalue weighted by Gasteiger charge is -2.28. The minimum absolute atomic E-state index is 0.0266. The lowest BCUT2D eigenvalue weighted by Crippen LogP contribution is -2.36. The number of ether oxygens (including phenoxy) is 1. The van der Waals surface area contributed by atoms with Crippen LogP contribution in [0.3, 0.4) is 0 Å². The molecule has 0 amide bonds. The van der Waals surface area contributed by atoms with Gasteiger partial charge in [-0.1, -0.05) is 24.3 Å². The van der Waals surface area contributed by atoms with Crippen molar-refractivity contribution in [3.8, 4) is 6.07 Å². The third kappa shape index (κ3) is 4.03. The molecule has 1 saturated heterocycles. The maximum atomic E-state index is 10.9. The Balaban J connectivity index is 1.83. The Labute approximate surface area is 145 Å². The van der Waals surface area contributed by atoms with Gasteiger partial charge in [0.25, 0.3) is 5.69 Å². The van der Waals surface area contributed by atoms with Gasteiger partial charge < -0.3 is 9.64 Å². The van der Waals surface area contributed by atoms with Crippen LogP contribution in [0.1, 0.15) is 11.1 Å². The van der Waals surface area contributed by atoms with Crippen molar-refractivity contribution in [3.63, 3.8) is 0 Å². The summed E-state index contributed by atoms with van der Waals surface area (Å²) in [6.45, 7) is 3.19. The topological polar surface area (TPSA) is 79.4 Å². The number of nitro benzene ring substituents is 1. The number of allylic oxidation sites excluding steroid dienone is 1. The van der Waals surface area contributed by atoms with E-state index in [0.717, 1.165) is 37.6 Å². The Morgan fingerprint density at radius 1 is 1.20 bits per heavy atom. The monoisotopic (exact) mass is 335 g/mol. The number of non-ortho nitro benzene ring substituents is 1. The van der Waals surface area contributed by atoms with Gasteiger partial charge in [-0.3, -0.25) is 10.1 Å². The second kappa shape index (κ2) is 7.60. The molecule has 0 saturated carbocycles. The first-order valence-electron chi connectivity index (χ1n) is 7.97. The van der Waals surface area contributed by atoms with E-state index in [-0.39, 0.29) is 5.69 Å². The molecule has 0 unspecified atom stereocenters. The Bertz CT molecular complexity index is 832. The second-order valence-corrected chi connectivity index (χ2v) is 5.67. The second-order valence-electron chi connectivity index (χ2n) is 5.67. The first-order chi connectivity index (χ1) is 12.2. The average Bonchev–Trinajstić information content (AvgIpc) is 2.67. The Morgan fingerprint density at radius 3 is 2.56 bits per heavy atom. The molecule has 0 radical (unpaired) electrons. The highest BCUT2D eigenvalue weighted by atomic mass is 16.6. The summed E-state index contributed by atoms with van der Waals surface area (Å²) >= 11 is 0. The van der Waals surface area contributed by atoms with Gasteiger partial charge >= 0.3 is 0 Å². The van der Waals surface area contributed by atoms with Gasteiger partial charge in [0.05, 0.1) is 29.8 Å². The molecule has 1 heterocycles. The predicted molar refractivity (Wildman–Crippen MR) is 96.1 cm³/mol. The van der Waals surface area contributed by atoms with Crippen LogP contribution in [0.2, 0.25) is 0 Å². The number of nitro groups is 1. The quantitative estimate of drug-likeness (QED) is 0.370. The van der Waals surface area contributed by atoms with Crippen molar-refractivity contribution in [2.75, 3.05) is 31.2 Å². The van der Waals surface area contributed by atoms with E-state index in [0.29, 0.717) is 11.1 Å². The molecule has 0 N–H and O–H groups in total. The van der Waals surface area contributed by atoms with Crippen molar-refractivity contribution >= 4 is 23.0 Å². The van der Waals surface area contributed by atoms with Crippen LogP contribution >= 0.6 is 0 Å². The van der Waals surface area contributed by atoms with Crippen molar-refractivity contribution < 1.29 is 9.66 Å². The molecule has 0 aliphatic carbocycles. The maximum absolute atomic E-state index is 10.9. The van der Waals surface area contributed by atoms with Crippen molar-refractivity contribution in [2.45, 2.75) is 0 Å². The average molecular weight is 335 g/mol. The third-order valence-corrected chi connectivity index (χ3v) is 4.07. The standard InChI is InChI=1S/C19H17N3O3/c20-14-17(16-2-1-3-19(13-16)22(23)24)12-15-4-6-18(7-5-15)21-8-10-25-11-9-21/h1-7,12-13H,8-11H2. The summed E-state index contributed by atoms with van der Waals surface area (Å²) in [6, 6.07) is 16.1. The Morgan fingerprint density at radius 2 is 1.92 bits per heavy atom. The molecule has 126 valence electrons. The zero-order valence-electron chi connectivity index (χ0n) is 13.6. The molecule has 0 bridgehead atoms. The van der Waals surface area contributed by atoms with E-state index < -0.39 is 4.92 Å². The maximum Gasteiger partial charge on any atom is 0.270 e. The van der Waals surface area contributed by atoms with Gasteiger partial charge in [0.2, 0.25) is 0 Å². The van der Waals surface area contributed by atoms with Gasteiger partial charge in [-0.05, 0) is 29.3 Å². The van der Waals surface area contributed by atoms with E-state index in [1.807, 2.05) is 24.3 Å². The molecule has 6 nitrogen and oxygen atoms in total. The highest BCUT2D eigenvalue weighted by molar-refractivity contribution is 5.90. The number of benzene rings is 2. The van der Waals surface area contributed by atoms with Crippen LogP contribution in [0.15, 0.2) is 48.5 Å². The summed E-state index contributed by atoms with van der Waals surface area (Å²) < 4.78 is 5.35. The summed E-state index contributed by atoms with van der Waals surface area (Å²) in [7, 11) is 0. The van der Waals surface area contributed by atoms with Gasteiger partial charge in [-0.25, -0.2) is 0 Å². The minimum Gasteiger partial charge on any atom is -0.378 e. The number of morpholine rings is 1. The molecule has 1 aliphatic rings. The number of nitriles is 1. The predicted octanol–water partition coefficient (Wildman–Crippen LogP) is 3.50. The van der Waals surface area contributed by atoms with Gasteiger partial charge in [-0.2, -0.15) is 5.26 Å². The van der Waals surface area contributed by atoms with Gasteiger partial charge in [0.15, 0.2) is 0 Å². The van der Waals surface area contributed by atoms with E-state index in [4.69, 9.17) is 4.74 Å². The minimum atomic E-state index is -0.463. The largest absolute Gasteiger partial charge is 0.378 e. The van der Waals surface area contributed by atoms with Gasteiger partial charge in [0, 0.05) is 30.9 Å². The lowest BCUT2D eigenvalue weighted by molar-refractivity contribution is -0.384. The van der Waals surface area contributed by atoms with E-state index in [1.54, 1.807) is 18.2 Å². The number of nitrogens with zero attached hydrogens (tertiary/aromatic N) is 3. The molecule has 0 aromatic heterocycles. The van der Waals surface area contributed by atoms with Crippen LogP contribution in [0.4, 0.5) is 11.4 Å². The van der Waals surface area contributed by atoms with Crippen molar-refractivity contribution in [2.24, 2.45) is 0 Å². The van der Waals surface area contributed by atoms with Crippen LogP contribution in [-0.2, 0) is 4.74 Å². The van der Waals surface area contributed by atoms with Crippen LogP contribution in [0, 0.1) is 21.4 Å². The van der Waals surface area contributed by atoms with E-state index in [1.165, 1.54) is 12.1 Å². The Hall–Kier alpha value is -3.17. The molecular formula is C19H17N3O3. The SMILES string of the molecule is N#CC(=Cc1ccc(N2CCOCC2)cc1)c1cccc([N+](=O)[O-])c1. The van der Waals surface area contributed by atoms with Crippen LogP contribution in [-0.4, -0.2) is 31.2 Å². The van der Waals surface area contributed by atoms with Crippen LogP contribution in [0.5, 0.6) is 0 Å². The first-order valence-corrected chi connectivity index (χ1v) is 7.97. The molecular weight excluding hydrogens is 318 g/mol. The highest BCUT2D eigenvalue weighted by Gasteiger charge is 2.11. The molecule has 0 spiro atoms. The summed E-state index contributed by atoms with van der Waals surface area (Å²) in [5.74, 6) is 0. The summed E-state index contributed by atoms with van der Waals surface area (Å²) in [5, 5.41) is 20.3. The van der Waals surface area contributed by atoms with Crippen LogP contribution < -0.4 is 4.90 Å². The van der Waals surface area contributed by atoms with Gasteiger partial charge in [0.1, 0.15) is 0 Å². The van der Waals surface area contributed by atoms with Crippen molar-refractivity contribution in [1.82, 2.24) is 0 Å². The summed E-state index contributed by atoms with van der Waals surface area (Å²) in [5.41, 5.74) is 2.90. The lowest BCUT2D eigenvalue weighted by atomic mass is 10.0. The molecule has 6 heteroatoms. The fraction of sp³-hybridized carbons (Fsp3) is 0.211. The fourth-order valence-corrected chi connectivity index (χ4v) is 2.74. The fourth-order valence-electron chi connectivity index (χ4n) is 2.74. The smallest absolute Gasteiger partial charge is 0.270 e. The molecule has 1 aliphatic heterocycles.